The number of hydrogen-bond acceptors (Lipinski definition) is 6. The summed E-state index contributed by atoms with van der Waals surface area (Å²) in [7, 11) is 1.56. The summed E-state index contributed by atoms with van der Waals surface area (Å²) in [5.74, 6) is -0.134. The van der Waals surface area contributed by atoms with E-state index in [9.17, 15) is 9.59 Å². The molecule has 0 saturated carbocycles. The third-order valence-electron chi connectivity index (χ3n) is 3.66. The summed E-state index contributed by atoms with van der Waals surface area (Å²) in [5.41, 5.74) is 7.29. The Morgan fingerprint density at radius 1 is 1.38 bits per heavy atom. The van der Waals surface area contributed by atoms with E-state index in [1.165, 1.54) is 29.4 Å². The van der Waals surface area contributed by atoms with Gasteiger partial charge in [-0.05, 0) is 40.2 Å². The molecule has 1 aromatic carbocycles. The Balaban J connectivity index is 1.89. The van der Waals surface area contributed by atoms with Gasteiger partial charge in [-0.1, -0.05) is 0 Å². The third-order valence-corrected chi connectivity index (χ3v) is 4.23. The molecule has 0 unspecified atom stereocenters. The fourth-order valence-corrected chi connectivity index (χ4v) is 2.85. The first-order valence-corrected chi connectivity index (χ1v) is 8.21. The minimum absolute atomic E-state index is 0.0564. The number of nitrogens with zero attached hydrogens (tertiary/aromatic N) is 2. The molecule has 0 atom stereocenters. The molecule has 0 saturated heterocycles. The molecule has 1 amide bonds. The topological polar surface area (TPSA) is 127 Å². The van der Waals surface area contributed by atoms with Crippen LogP contribution in [0.3, 0.4) is 0 Å². The van der Waals surface area contributed by atoms with Crippen LogP contribution in [0.25, 0.3) is 0 Å². The van der Waals surface area contributed by atoms with Gasteiger partial charge < -0.3 is 20.0 Å². The van der Waals surface area contributed by atoms with Gasteiger partial charge in [-0.2, -0.15) is 0 Å². The van der Waals surface area contributed by atoms with E-state index < -0.39 is 5.91 Å². The van der Waals surface area contributed by atoms with Crippen LogP contribution in [0.1, 0.15) is 21.7 Å². The first-order valence-electron chi connectivity index (χ1n) is 7.41. The lowest BCUT2D eigenvalue weighted by Gasteiger charge is -2.11. The van der Waals surface area contributed by atoms with E-state index in [0.717, 1.165) is 0 Å². The van der Waals surface area contributed by atoms with Gasteiger partial charge in [0.1, 0.15) is 5.71 Å². The molecule has 0 aliphatic heterocycles. The molecule has 9 heteroatoms. The lowest BCUT2D eigenvalue weighted by atomic mass is 10.1. The van der Waals surface area contributed by atoms with E-state index in [4.69, 9.17) is 15.6 Å². The van der Waals surface area contributed by atoms with Crippen molar-refractivity contribution >= 4 is 38.9 Å². The highest BCUT2D eigenvalue weighted by molar-refractivity contribution is 9.10. The molecule has 0 aliphatic carbocycles. The molecule has 0 fully saturated rings. The van der Waals surface area contributed by atoms with Crippen molar-refractivity contribution in [3.63, 3.8) is 0 Å². The zero-order valence-electron chi connectivity index (χ0n) is 13.6. The molecular weight excluding hydrogens is 402 g/mol. The number of hydrogen-bond donors (Lipinski definition) is 3. The van der Waals surface area contributed by atoms with Crippen molar-refractivity contribution in [1.29, 1.82) is 5.41 Å². The highest BCUT2D eigenvalue weighted by Gasteiger charge is 2.15. The van der Waals surface area contributed by atoms with E-state index in [1.54, 1.807) is 25.2 Å². The number of nitrogen functional groups attached to an aromatic ring is 1. The number of amides is 1. The maximum Gasteiger partial charge on any atom is 0.264 e. The quantitative estimate of drug-likeness (QED) is 0.445. The molecule has 26 heavy (non-hydrogen) atoms. The van der Waals surface area contributed by atoms with E-state index >= 15 is 0 Å². The number of rotatable bonds is 4. The van der Waals surface area contributed by atoms with Crippen LogP contribution in [0.15, 0.2) is 56.7 Å². The molecule has 0 spiro atoms. The van der Waals surface area contributed by atoms with Crippen LogP contribution in [0.2, 0.25) is 0 Å². The number of anilines is 2. The number of carbonyl (C=O) groups is 1. The van der Waals surface area contributed by atoms with Crippen molar-refractivity contribution in [2.45, 2.75) is 0 Å². The summed E-state index contributed by atoms with van der Waals surface area (Å²) in [4.78, 5) is 28.0. The number of aromatic nitrogens is 2. The molecule has 0 bridgehead atoms. The molecule has 3 rings (SSSR count). The Kier molecular flexibility index (Phi) is 4.72. The first kappa shape index (κ1) is 17.6. The van der Waals surface area contributed by atoms with Gasteiger partial charge in [0.15, 0.2) is 12.2 Å². The van der Waals surface area contributed by atoms with Crippen molar-refractivity contribution in [2.75, 3.05) is 11.1 Å². The standard InChI is InChI=1S/C17H14BrN5O3/c1-23-7-9(4-12(18)17(23)25)16(24)22-10-2-3-13(19)11(5-10)15(20)14-6-21-8-26-14/h2-8,20H,19H2,1H3,(H,22,24). The number of benzene rings is 1. The van der Waals surface area contributed by atoms with Crippen LogP contribution in [0.5, 0.6) is 0 Å². The molecule has 0 aliphatic rings. The normalized spacial score (nSPS) is 10.5. The van der Waals surface area contributed by atoms with Crippen LogP contribution in [-0.2, 0) is 7.05 Å². The SMILES string of the molecule is Cn1cc(C(=O)Nc2ccc(N)c(C(=N)c3cnco3)c2)cc(Br)c1=O. The Hall–Kier alpha value is -3.20. The van der Waals surface area contributed by atoms with Gasteiger partial charge in [0, 0.05) is 30.2 Å². The first-order chi connectivity index (χ1) is 12.4. The van der Waals surface area contributed by atoms with Crippen molar-refractivity contribution in [3.8, 4) is 0 Å². The van der Waals surface area contributed by atoms with E-state index in [1.807, 2.05) is 0 Å². The summed E-state index contributed by atoms with van der Waals surface area (Å²) in [5, 5.41) is 10.9. The average molecular weight is 416 g/mol. The highest BCUT2D eigenvalue weighted by atomic mass is 79.9. The molecular formula is C17H14BrN5O3. The maximum atomic E-state index is 12.5. The monoisotopic (exact) mass is 415 g/mol. The van der Waals surface area contributed by atoms with E-state index in [0.29, 0.717) is 22.5 Å². The fraction of sp³-hybridized carbons (Fsp3) is 0.0588. The Morgan fingerprint density at radius 2 is 2.15 bits per heavy atom. The zero-order valence-corrected chi connectivity index (χ0v) is 15.2. The maximum absolute atomic E-state index is 12.5. The summed E-state index contributed by atoms with van der Waals surface area (Å²) in [6.45, 7) is 0. The Labute approximate surface area is 156 Å². The van der Waals surface area contributed by atoms with Crippen LogP contribution >= 0.6 is 15.9 Å². The highest BCUT2D eigenvalue weighted by Crippen LogP contribution is 2.22. The van der Waals surface area contributed by atoms with Crippen LogP contribution < -0.4 is 16.6 Å². The largest absolute Gasteiger partial charge is 0.442 e. The Bertz CT molecular complexity index is 1030. The molecule has 4 N–H and O–H groups in total. The van der Waals surface area contributed by atoms with Crippen molar-refractivity contribution in [2.24, 2.45) is 7.05 Å². The van der Waals surface area contributed by atoms with Gasteiger partial charge in [0.25, 0.3) is 11.5 Å². The van der Waals surface area contributed by atoms with Crippen molar-refractivity contribution < 1.29 is 9.21 Å². The van der Waals surface area contributed by atoms with Gasteiger partial charge in [-0.3, -0.25) is 15.0 Å². The molecule has 132 valence electrons. The molecule has 0 radical (unpaired) electrons. The van der Waals surface area contributed by atoms with Crippen molar-refractivity contribution in [1.82, 2.24) is 9.55 Å². The zero-order chi connectivity index (χ0) is 18.8. The molecule has 8 nitrogen and oxygen atoms in total. The lowest BCUT2D eigenvalue weighted by molar-refractivity contribution is 0.102. The second kappa shape index (κ2) is 6.96. The third kappa shape index (κ3) is 3.42. The second-order valence-corrected chi connectivity index (χ2v) is 6.34. The van der Waals surface area contributed by atoms with E-state index in [2.05, 4.69) is 26.2 Å². The summed E-state index contributed by atoms with van der Waals surface area (Å²) in [6.07, 6.45) is 4.08. The average Bonchev–Trinajstić information content (AvgIpc) is 3.14. The minimum atomic E-state index is -0.400. The number of oxazole rings is 1. The van der Waals surface area contributed by atoms with E-state index in [-0.39, 0.29) is 21.5 Å². The van der Waals surface area contributed by atoms with Gasteiger partial charge >= 0.3 is 0 Å². The van der Waals surface area contributed by atoms with Crippen LogP contribution in [0.4, 0.5) is 11.4 Å². The van der Waals surface area contributed by atoms with Gasteiger partial charge in [0.2, 0.25) is 0 Å². The van der Waals surface area contributed by atoms with Gasteiger partial charge in [-0.25, -0.2) is 4.98 Å². The summed E-state index contributed by atoms with van der Waals surface area (Å²) < 4.78 is 6.72. The van der Waals surface area contributed by atoms with Gasteiger partial charge in [0.05, 0.1) is 16.2 Å². The van der Waals surface area contributed by atoms with Crippen molar-refractivity contribution in [3.05, 3.63) is 74.8 Å². The molecule has 3 aromatic rings. The second-order valence-electron chi connectivity index (χ2n) is 5.49. The number of nitrogens with two attached hydrogens (primary N) is 1. The molecule has 2 aromatic heterocycles. The number of aryl methyl sites for hydroxylation is 1. The van der Waals surface area contributed by atoms with Gasteiger partial charge in [-0.15, -0.1) is 0 Å². The number of halogens is 1. The number of carbonyl (C=O) groups excluding carboxylic acids is 1. The fourth-order valence-electron chi connectivity index (χ4n) is 2.32. The number of pyridine rings is 1. The van der Waals surface area contributed by atoms with Crippen LogP contribution in [-0.4, -0.2) is 21.2 Å². The minimum Gasteiger partial charge on any atom is -0.442 e. The Morgan fingerprint density at radius 3 is 2.81 bits per heavy atom. The summed E-state index contributed by atoms with van der Waals surface area (Å²) >= 11 is 3.14. The summed E-state index contributed by atoms with van der Waals surface area (Å²) in [6, 6.07) is 6.25. The predicted octanol–water partition coefficient (Wildman–Crippen LogP) is 2.39. The van der Waals surface area contributed by atoms with Crippen LogP contribution in [0, 0.1) is 5.41 Å². The lowest BCUT2D eigenvalue weighted by Crippen LogP contribution is -2.21. The smallest absolute Gasteiger partial charge is 0.264 e. The molecule has 2 heterocycles. The number of nitrogens with one attached hydrogen (secondary N) is 2. The predicted molar refractivity (Wildman–Crippen MR) is 101 cm³/mol.